The standard InChI is InChI=1S/C33H53N3O5/c37-22-8-1-2-9-23-38-24-10-6-17-30-19-13-21-33(41-30)36-26-31(34-35-36)32-20-12-18-29(40-32)16-7-11-25-39-27-28-14-4-3-5-15-28/h3-5,14-15,26,29-30,32-33,37H,1-2,6-13,16-25,27H2/t29-,30+,32-,33+/m1/s1. The van der Waals surface area contributed by atoms with Crippen LogP contribution >= 0.6 is 0 Å². The van der Waals surface area contributed by atoms with Gasteiger partial charge in [-0.25, -0.2) is 4.68 Å². The number of unbranched alkanes of at least 4 members (excludes halogenated alkanes) is 5. The van der Waals surface area contributed by atoms with Crippen molar-refractivity contribution in [1.29, 1.82) is 0 Å². The normalized spacial score (nSPS) is 23.1. The third kappa shape index (κ3) is 12.1. The Labute approximate surface area is 247 Å². The van der Waals surface area contributed by atoms with Crippen LogP contribution in [0.2, 0.25) is 0 Å². The maximum atomic E-state index is 8.83. The van der Waals surface area contributed by atoms with Crippen LogP contribution in [-0.4, -0.2) is 58.7 Å². The van der Waals surface area contributed by atoms with Gasteiger partial charge < -0.3 is 24.1 Å². The summed E-state index contributed by atoms with van der Waals surface area (Å²) in [6.45, 7) is 3.44. The first-order valence-corrected chi connectivity index (χ1v) is 16.3. The molecule has 0 saturated carbocycles. The van der Waals surface area contributed by atoms with Crippen LogP contribution in [0.1, 0.15) is 126 Å². The van der Waals surface area contributed by atoms with Crippen molar-refractivity contribution in [3.63, 3.8) is 0 Å². The molecule has 1 aromatic carbocycles. The van der Waals surface area contributed by atoms with Gasteiger partial charge in [-0.2, -0.15) is 0 Å². The molecule has 0 aliphatic carbocycles. The summed E-state index contributed by atoms with van der Waals surface area (Å²) in [4.78, 5) is 0. The van der Waals surface area contributed by atoms with Crippen molar-refractivity contribution >= 4 is 0 Å². The van der Waals surface area contributed by atoms with Crippen molar-refractivity contribution in [3.05, 3.63) is 47.8 Å². The first-order valence-electron chi connectivity index (χ1n) is 16.3. The van der Waals surface area contributed by atoms with Gasteiger partial charge in [-0.3, -0.25) is 0 Å². The summed E-state index contributed by atoms with van der Waals surface area (Å²) in [6.07, 6.45) is 20.0. The average Bonchev–Trinajstić information content (AvgIpc) is 3.51. The molecule has 1 aromatic heterocycles. The molecule has 3 heterocycles. The summed E-state index contributed by atoms with van der Waals surface area (Å²) in [5.74, 6) is 0. The van der Waals surface area contributed by atoms with Crippen molar-refractivity contribution < 1.29 is 24.1 Å². The van der Waals surface area contributed by atoms with E-state index in [1.165, 1.54) is 12.0 Å². The summed E-state index contributed by atoms with van der Waals surface area (Å²) < 4.78 is 26.4. The Morgan fingerprint density at radius 1 is 0.756 bits per heavy atom. The molecule has 0 radical (unpaired) electrons. The third-order valence-corrected chi connectivity index (χ3v) is 8.27. The number of nitrogens with zero attached hydrogens (tertiary/aromatic N) is 3. The van der Waals surface area contributed by atoms with Gasteiger partial charge in [-0.15, -0.1) is 5.10 Å². The summed E-state index contributed by atoms with van der Waals surface area (Å²) >= 11 is 0. The highest BCUT2D eigenvalue weighted by Gasteiger charge is 2.28. The van der Waals surface area contributed by atoms with Gasteiger partial charge in [-0.05, 0) is 95.5 Å². The minimum atomic E-state index is -0.0274. The number of benzene rings is 1. The van der Waals surface area contributed by atoms with Crippen molar-refractivity contribution in [1.82, 2.24) is 15.0 Å². The molecule has 0 spiro atoms. The molecule has 41 heavy (non-hydrogen) atoms. The topological polar surface area (TPSA) is 87.9 Å². The van der Waals surface area contributed by atoms with Crippen molar-refractivity contribution in [2.24, 2.45) is 0 Å². The number of ether oxygens (including phenoxy) is 4. The molecule has 2 fully saturated rings. The second-order valence-electron chi connectivity index (χ2n) is 11.7. The summed E-state index contributed by atoms with van der Waals surface area (Å²) in [7, 11) is 0. The fraction of sp³-hybridized carbons (Fsp3) is 0.758. The Balaban J connectivity index is 1.08. The predicted molar refractivity (Wildman–Crippen MR) is 159 cm³/mol. The molecular weight excluding hydrogens is 518 g/mol. The molecule has 2 saturated heterocycles. The van der Waals surface area contributed by atoms with Gasteiger partial charge in [0.1, 0.15) is 11.8 Å². The van der Waals surface area contributed by atoms with Gasteiger partial charge in [-0.1, -0.05) is 48.4 Å². The Kier molecular flexibility index (Phi) is 15.2. The van der Waals surface area contributed by atoms with Crippen molar-refractivity contribution in [2.75, 3.05) is 26.4 Å². The van der Waals surface area contributed by atoms with Crippen LogP contribution in [0.15, 0.2) is 36.5 Å². The fourth-order valence-corrected chi connectivity index (χ4v) is 5.88. The van der Waals surface area contributed by atoms with Crippen molar-refractivity contribution in [2.45, 2.75) is 134 Å². The molecule has 1 N–H and O–H groups in total. The highest BCUT2D eigenvalue weighted by molar-refractivity contribution is 5.13. The number of hydrogen-bond donors (Lipinski definition) is 1. The second-order valence-corrected chi connectivity index (χ2v) is 11.7. The lowest BCUT2D eigenvalue weighted by atomic mass is 9.99. The van der Waals surface area contributed by atoms with Crippen LogP contribution in [0.25, 0.3) is 0 Å². The molecule has 8 heteroatoms. The van der Waals surface area contributed by atoms with Gasteiger partial charge in [0.05, 0.1) is 25.0 Å². The van der Waals surface area contributed by atoms with Crippen LogP contribution in [0.4, 0.5) is 0 Å². The molecule has 2 aromatic rings. The van der Waals surface area contributed by atoms with E-state index in [1.54, 1.807) is 0 Å². The fourth-order valence-electron chi connectivity index (χ4n) is 5.88. The monoisotopic (exact) mass is 571 g/mol. The lowest BCUT2D eigenvalue weighted by Gasteiger charge is -2.30. The first-order chi connectivity index (χ1) is 20.3. The quantitative estimate of drug-likeness (QED) is 0.170. The number of aliphatic hydroxyl groups excluding tert-OH is 1. The van der Waals surface area contributed by atoms with E-state index in [-0.39, 0.29) is 18.4 Å². The van der Waals surface area contributed by atoms with Crippen LogP contribution < -0.4 is 0 Å². The largest absolute Gasteiger partial charge is 0.396 e. The molecule has 2 aliphatic rings. The van der Waals surface area contributed by atoms with E-state index in [9.17, 15) is 0 Å². The Morgan fingerprint density at radius 2 is 1.44 bits per heavy atom. The molecule has 0 unspecified atom stereocenters. The van der Waals surface area contributed by atoms with E-state index < -0.39 is 0 Å². The maximum Gasteiger partial charge on any atom is 0.152 e. The Hall–Kier alpha value is -1.84. The zero-order chi connectivity index (χ0) is 28.4. The highest BCUT2D eigenvalue weighted by atomic mass is 16.5. The minimum absolute atomic E-state index is 0.0274. The van der Waals surface area contributed by atoms with E-state index in [4.69, 9.17) is 24.1 Å². The highest BCUT2D eigenvalue weighted by Crippen LogP contribution is 2.34. The zero-order valence-electron chi connectivity index (χ0n) is 25.0. The van der Waals surface area contributed by atoms with E-state index >= 15 is 0 Å². The summed E-state index contributed by atoms with van der Waals surface area (Å²) in [6, 6.07) is 10.4. The minimum Gasteiger partial charge on any atom is -0.396 e. The molecule has 8 nitrogen and oxygen atoms in total. The van der Waals surface area contributed by atoms with Crippen LogP contribution in [0.5, 0.6) is 0 Å². The van der Waals surface area contributed by atoms with Crippen LogP contribution in [-0.2, 0) is 25.6 Å². The lowest BCUT2D eigenvalue weighted by molar-refractivity contribution is -0.0993. The molecule has 0 bridgehead atoms. The van der Waals surface area contributed by atoms with Gasteiger partial charge in [0.15, 0.2) is 6.23 Å². The van der Waals surface area contributed by atoms with Gasteiger partial charge in [0.25, 0.3) is 0 Å². The number of hydrogen-bond acceptors (Lipinski definition) is 7. The Morgan fingerprint density at radius 3 is 2.22 bits per heavy atom. The van der Waals surface area contributed by atoms with E-state index in [2.05, 4.69) is 40.8 Å². The first kappa shape index (κ1) is 32.1. The molecule has 230 valence electrons. The van der Waals surface area contributed by atoms with Gasteiger partial charge in [0.2, 0.25) is 0 Å². The molecule has 0 amide bonds. The van der Waals surface area contributed by atoms with Crippen molar-refractivity contribution in [3.8, 4) is 0 Å². The Bertz CT molecular complexity index is 927. The lowest BCUT2D eigenvalue weighted by Crippen LogP contribution is -2.26. The van der Waals surface area contributed by atoms with Gasteiger partial charge in [0, 0.05) is 26.4 Å². The van der Waals surface area contributed by atoms with Gasteiger partial charge >= 0.3 is 0 Å². The molecule has 4 rings (SSSR count). The number of rotatable bonds is 20. The van der Waals surface area contributed by atoms with E-state index in [0.29, 0.717) is 19.3 Å². The predicted octanol–water partition coefficient (Wildman–Crippen LogP) is 7.08. The SMILES string of the molecule is OCCCCCCOCCCC[C@H]1CCC[C@@H](n2cc([C@H]3CCC[C@@H](CCCCOCc4ccccc4)O3)nn2)O1. The average molecular weight is 572 g/mol. The number of aromatic nitrogens is 3. The number of aliphatic hydroxyl groups is 1. The molecule has 2 aliphatic heterocycles. The van der Waals surface area contributed by atoms with E-state index in [1.807, 2.05) is 10.7 Å². The third-order valence-electron chi connectivity index (χ3n) is 8.27. The van der Waals surface area contributed by atoms with E-state index in [0.717, 1.165) is 122 Å². The molecule has 4 atom stereocenters. The van der Waals surface area contributed by atoms with Crippen LogP contribution in [0, 0.1) is 0 Å². The zero-order valence-corrected chi connectivity index (χ0v) is 25.0. The second kappa shape index (κ2) is 19.4. The maximum absolute atomic E-state index is 8.83. The molecular formula is C33H53N3O5. The van der Waals surface area contributed by atoms with Crippen LogP contribution in [0.3, 0.4) is 0 Å². The summed E-state index contributed by atoms with van der Waals surface area (Å²) in [5.41, 5.74) is 2.17. The summed E-state index contributed by atoms with van der Waals surface area (Å²) in [5, 5.41) is 17.8. The smallest absolute Gasteiger partial charge is 0.152 e.